The molecule has 29 heavy (non-hydrogen) atoms. The van der Waals surface area contributed by atoms with Crippen molar-refractivity contribution in [2.45, 2.75) is 50.0 Å². The van der Waals surface area contributed by atoms with Crippen LogP contribution in [0, 0.1) is 0 Å². The third-order valence-corrected chi connectivity index (χ3v) is 4.05. The Hall–Kier alpha value is -2.42. The molecule has 9 N–H and O–H groups in total. The van der Waals surface area contributed by atoms with Crippen molar-refractivity contribution >= 4 is 42.3 Å². The standard InChI is InChI=1S/C15H26N4O9S/c1-6(21)11(19-12(24)7(16)2-3-10(22)23)14(26)17-8(4-20)13(25)18-9(5-29)15(27)28/h6-9,11,20-21,29H,2-5,16H2,1H3,(H,17,26)(H,18,25)(H,19,24)(H,22,23)(H,27,28). The number of nitrogens with two attached hydrogens (primary N) is 1. The minimum absolute atomic E-state index is 0.211. The van der Waals surface area contributed by atoms with E-state index >= 15 is 0 Å². The average molecular weight is 438 g/mol. The van der Waals surface area contributed by atoms with Crippen LogP contribution in [0.5, 0.6) is 0 Å². The largest absolute Gasteiger partial charge is 0.481 e. The van der Waals surface area contributed by atoms with E-state index in [4.69, 9.17) is 15.9 Å². The van der Waals surface area contributed by atoms with Crippen LogP contribution in [0.25, 0.3) is 0 Å². The quantitative estimate of drug-likeness (QED) is 0.127. The summed E-state index contributed by atoms with van der Waals surface area (Å²) in [4.78, 5) is 57.8. The number of rotatable bonds is 13. The number of aliphatic carboxylic acids is 2. The van der Waals surface area contributed by atoms with Gasteiger partial charge in [-0.05, 0) is 13.3 Å². The fourth-order valence-electron chi connectivity index (χ4n) is 1.99. The second-order valence-corrected chi connectivity index (χ2v) is 6.46. The van der Waals surface area contributed by atoms with Crippen LogP contribution < -0.4 is 21.7 Å². The van der Waals surface area contributed by atoms with Crippen LogP contribution in [-0.4, -0.2) is 92.7 Å². The van der Waals surface area contributed by atoms with Gasteiger partial charge in [-0.1, -0.05) is 0 Å². The second kappa shape index (κ2) is 12.9. The molecule has 0 fully saturated rings. The molecule has 0 aromatic heterocycles. The number of carboxylic acids is 2. The lowest BCUT2D eigenvalue weighted by Crippen LogP contribution is -2.60. The van der Waals surface area contributed by atoms with Crippen molar-refractivity contribution in [3.8, 4) is 0 Å². The number of aliphatic hydroxyl groups is 2. The molecule has 0 aromatic rings. The molecule has 3 amide bonds. The van der Waals surface area contributed by atoms with Gasteiger partial charge in [-0.15, -0.1) is 0 Å². The first-order chi connectivity index (χ1) is 13.4. The van der Waals surface area contributed by atoms with Crippen LogP contribution in [0.3, 0.4) is 0 Å². The number of thiol groups is 1. The summed E-state index contributed by atoms with van der Waals surface area (Å²) in [5, 5.41) is 42.9. The highest BCUT2D eigenvalue weighted by Gasteiger charge is 2.32. The first kappa shape index (κ1) is 26.6. The maximum Gasteiger partial charge on any atom is 0.327 e. The summed E-state index contributed by atoms with van der Waals surface area (Å²) in [5.74, 6) is -5.76. The van der Waals surface area contributed by atoms with E-state index in [0.29, 0.717) is 0 Å². The monoisotopic (exact) mass is 438 g/mol. The third-order valence-electron chi connectivity index (χ3n) is 3.68. The Bertz CT molecular complexity index is 617. The lowest BCUT2D eigenvalue weighted by molar-refractivity contribution is -0.142. The van der Waals surface area contributed by atoms with Gasteiger partial charge in [0.15, 0.2) is 0 Å². The van der Waals surface area contributed by atoms with Crippen LogP contribution >= 0.6 is 12.6 Å². The highest BCUT2D eigenvalue weighted by molar-refractivity contribution is 7.80. The molecule has 5 unspecified atom stereocenters. The van der Waals surface area contributed by atoms with Crippen molar-refractivity contribution in [1.82, 2.24) is 16.0 Å². The van der Waals surface area contributed by atoms with E-state index in [-0.39, 0.29) is 18.6 Å². The molecular weight excluding hydrogens is 412 g/mol. The van der Waals surface area contributed by atoms with Crippen LogP contribution in [0.1, 0.15) is 19.8 Å². The van der Waals surface area contributed by atoms with E-state index in [0.717, 1.165) is 0 Å². The number of aliphatic hydroxyl groups excluding tert-OH is 2. The molecule has 0 aromatic carbocycles. The molecule has 13 nitrogen and oxygen atoms in total. The molecule has 0 rings (SSSR count). The zero-order valence-electron chi connectivity index (χ0n) is 15.6. The van der Waals surface area contributed by atoms with Gasteiger partial charge in [0.1, 0.15) is 18.1 Å². The number of carbonyl (C=O) groups is 5. The summed E-state index contributed by atoms with van der Waals surface area (Å²) in [6.07, 6.45) is -2.03. The van der Waals surface area contributed by atoms with E-state index in [1.165, 1.54) is 6.92 Å². The van der Waals surface area contributed by atoms with E-state index in [1.807, 2.05) is 0 Å². The van der Waals surface area contributed by atoms with E-state index in [1.54, 1.807) is 0 Å². The second-order valence-electron chi connectivity index (χ2n) is 6.09. The number of amides is 3. The SMILES string of the molecule is CC(O)C(NC(=O)C(N)CCC(=O)O)C(=O)NC(CO)C(=O)NC(CS)C(=O)O. The normalized spacial score (nSPS) is 15.9. The Balaban J connectivity index is 5.05. The molecule has 14 heteroatoms. The van der Waals surface area contributed by atoms with E-state index in [2.05, 4.69) is 28.6 Å². The molecule has 0 aliphatic carbocycles. The molecule has 0 aliphatic heterocycles. The lowest BCUT2D eigenvalue weighted by Gasteiger charge is -2.25. The Morgan fingerprint density at radius 1 is 0.966 bits per heavy atom. The average Bonchev–Trinajstić information content (AvgIpc) is 2.64. The maximum atomic E-state index is 12.3. The minimum Gasteiger partial charge on any atom is -0.481 e. The predicted octanol–water partition coefficient (Wildman–Crippen LogP) is -3.98. The van der Waals surface area contributed by atoms with Crippen molar-refractivity contribution in [1.29, 1.82) is 0 Å². The smallest absolute Gasteiger partial charge is 0.327 e. The molecule has 0 saturated heterocycles. The first-order valence-corrected chi connectivity index (χ1v) is 9.08. The van der Waals surface area contributed by atoms with Gasteiger partial charge in [-0.25, -0.2) is 4.79 Å². The summed E-state index contributed by atoms with van der Waals surface area (Å²) in [6.45, 7) is 0.276. The fraction of sp³-hybridized carbons (Fsp3) is 0.667. The summed E-state index contributed by atoms with van der Waals surface area (Å²) in [7, 11) is 0. The third kappa shape index (κ3) is 9.56. The van der Waals surface area contributed by atoms with E-state index < -0.39 is 66.5 Å². The maximum absolute atomic E-state index is 12.3. The number of hydrogen-bond donors (Lipinski definition) is 9. The highest BCUT2D eigenvalue weighted by Crippen LogP contribution is 2.00. The number of hydrogen-bond acceptors (Lipinski definition) is 9. The number of carboxylic acid groups (broad SMARTS) is 2. The van der Waals surface area contributed by atoms with E-state index in [9.17, 15) is 34.2 Å². The molecular formula is C15H26N4O9S. The van der Waals surface area contributed by atoms with Gasteiger partial charge in [0.05, 0.1) is 18.8 Å². The summed E-state index contributed by atoms with van der Waals surface area (Å²) in [5.41, 5.74) is 5.53. The Kier molecular flexibility index (Phi) is 11.8. The number of carbonyl (C=O) groups excluding carboxylic acids is 3. The Labute approximate surface area is 171 Å². The van der Waals surface area contributed by atoms with Crippen molar-refractivity contribution in [2.24, 2.45) is 5.73 Å². The zero-order chi connectivity index (χ0) is 22.7. The van der Waals surface area contributed by atoms with Gasteiger partial charge in [0.2, 0.25) is 17.7 Å². The van der Waals surface area contributed by atoms with Gasteiger partial charge in [-0.3, -0.25) is 19.2 Å². The first-order valence-electron chi connectivity index (χ1n) is 8.45. The summed E-state index contributed by atoms with van der Waals surface area (Å²) < 4.78 is 0. The zero-order valence-corrected chi connectivity index (χ0v) is 16.5. The van der Waals surface area contributed by atoms with Crippen molar-refractivity contribution in [3.05, 3.63) is 0 Å². The van der Waals surface area contributed by atoms with Crippen LogP contribution in [0.4, 0.5) is 0 Å². The Morgan fingerprint density at radius 3 is 1.93 bits per heavy atom. The van der Waals surface area contributed by atoms with Gasteiger partial charge in [0.25, 0.3) is 0 Å². The van der Waals surface area contributed by atoms with Gasteiger partial charge < -0.3 is 42.1 Å². The summed E-state index contributed by atoms with van der Waals surface area (Å²) >= 11 is 3.77. The highest BCUT2D eigenvalue weighted by atomic mass is 32.1. The van der Waals surface area contributed by atoms with Crippen molar-refractivity contribution in [3.63, 3.8) is 0 Å². The topological polar surface area (TPSA) is 228 Å². The molecule has 0 saturated carbocycles. The van der Waals surface area contributed by atoms with Crippen molar-refractivity contribution in [2.75, 3.05) is 12.4 Å². The van der Waals surface area contributed by atoms with Gasteiger partial charge >= 0.3 is 11.9 Å². The van der Waals surface area contributed by atoms with Gasteiger partial charge in [0, 0.05) is 12.2 Å². The van der Waals surface area contributed by atoms with Gasteiger partial charge in [-0.2, -0.15) is 12.6 Å². The Morgan fingerprint density at radius 2 is 1.52 bits per heavy atom. The fourth-order valence-corrected chi connectivity index (χ4v) is 2.24. The summed E-state index contributed by atoms with van der Waals surface area (Å²) in [6, 6.07) is -5.76. The minimum atomic E-state index is -1.57. The lowest BCUT2D eigenvalue weighted by atomic mass is 10.1. The molecule has 0 aliphatic rings. The molecule has 0 bridgehead atoms. The molecule has 0 radical (unpaired) electrons. The molecule has 166 valence electrons. The molecule has 0 heterocycles. The number of nitrogens with one attached hydrogen (secondary N) is 3. The van der Waals surface area contributed by atoms with Crippen LogP contribution in [-0.2, 0) is 24.0 Å². The predicted molar refractivity (Wildman–Crippen MR) is 101 cm³/mol. The molecule has 5 atom stereocenters. The molecule has 0 spiro atoms. The van der Waals surface area contributed by atoms with Crippen LogP contribution in [0.2, 0.25) is 0 Å². The van der Waals surface area contributed by atoms with Crippen LogP contribution in [0.15, 0.2) is 0 Å². The van der Waals surface area contributed by atoms with Crippen molar-refractivity contribution < 1.29 is 44.4 Å².